The Morgan fingerprint density at radius 3 is 2.67 bits per heavy atom. The number of carbonyl (C=O) groups is 1. The number of aryl methyl sites for hydroxylation is 1. The molecule has 1 aromatic heterocycles. The zero-order valence-corrected chi connectivity index (χ0v) is 19.0. The van der Waals surface area contributed by atoms with Crippen molar-refractivity contribution in [1.29, 1.82) is 0 Å². The first-order valence-electron chi connectivity index (χ1n) is 11.3. The van der Waals surface area contributed by atoms with Crippen LogP contribution in [0.2, 0.25) is 0 Å². The molecule has 6 heteroatoms. The Kier molecular flexibility index (Phi) is 6.93. The van der Waals surface area contributed by atoms with Gasteiger partial charge in [0.1, 0.15) is 5.82 Å². The van der Waals surface area contributed by atoms with Crippen LogP contribution in [0.5, 0.6) is 0 Å². The number of likely N-dealkylation sites (tertiary alicyclic amines) is 1. The average Bonchev–Trinajstić information content (AvgIpc) is 3.32. The quantitative estimate of drug-likeness (QED) is 0.485. The predicted octanol–water partition coefficient (Wildman–Crippen LogP) is 4.95. The number of carbonyl (C=O) groups excluding carboxylic acids is 1. The fraction of sp³-hybridized carbons (Fsp3) is 0.542. The monoisotopic (exact) mass is 424 g/mol. The molecule has 1 aromatic carbocycles. The molecule has 5 nitrogen and oxygen atoms in total. The van der Waals surface area contributed by atoms with Crippen molar-refractivity contribution >= 4 is 23.5 Å². The summed E-state index contributed by atoms with van der Waals surface area (Å²) in [5.74, 6) is 1.99. The fourth-order valence-corrected chi connectivity index (χ4v) is 5.15. The van der Waals surface area contributed by atoms with Crippen LogP contribution >= 0.6 is 11.8 Å². The summed E-state index contributed by atoms with van der Waals surface area (Å²) in [7, 11) is 0. The Hall–Kier alpha value is -2.08. The van der Waals surface area contributed by atoms with Crippen LogP contribution in [0.4, 0.5) is 5.82 Å². The second-order valence-electron chi connectivity index (χ2n) is 8.38. The summed E-state index contributed by atoms with van der Waals surface area (Å²) in [5.41, 5.74) is 3.03. The zero-order valence-electron chi connectivity index (χ0n) is 18.1. The number of hydrogen-bond acceptors (Lipinski definition) is 5. The number of benzene rings is 1. The molecule has 0 radical (unpaired) electrons. The Balaban J connectivity index is 1.47. The summed E-state index contributed by atoms with van der Waals surface area (Å²) in [6.45, 7) is 7.28. The van der Waals surface area contributed by atoms with E-state index in [9.17, 15) is 4.79 Å². The molecule has 0 N–H and O–H groups in total. The Morgan fingerprint density at radius 2 is 1.90 bits per heavy atom. The van der Waals surface area contributed by atoms with Gasteiger partial charge < -0.3 is 9.80 Å². The van der Waals surface area contributed by atoms with E-state index in [4.69, 9.17) is 9.97 Å². The van der Waals surface area contributed by atoms with Gasteiger partial charge in [0.05, 0.1) is 0 Å². The lowest BCUT2D eigenvalue weighted by Gasteiger charge is -2.34. The summed E-state index contributed by atoms with van der Waals surface area (Å²) in [5, 5.41) is 0.832. The minimum absolute atomic E-state index is 0.157. The van der Waals surface area contributed by atoms with Crippen molar-refractivity contribution in [3.63, 3.8) is 0 Å². The van der Waals surface area contributed by atoms with Gasteiger partial charge in [-0.25, -0.2) is 9.97 Å². The van der Waals surface area contributed by atoms with Crippen LogP contribution in [0.25, 0.3) is 0 Å². The number of aromatic nitrogens is 2. The van der Waals surface area contributed by atoms with Gasteiger partial charge in [0.15, 0.2) is 5.16 Å². The largest absolute Gasteiger partial charge is 0.354 e. The fourth-order valence-electron chi connectivity index (χ4n) is 4.34. The summed E-state index contributed by atoms with van der Waals surface area (Å²) in [6, 6.07) is 10.7. The molecule has 2 aromatic rings. The molecule has 0 unspecified atom stereocenters. The zero-order chi connectivity index (χ0) is 20.9. The van der Waals surface area contributed by atoms with Crippen molar-refractivity contribution in [2.24, 2.45) is 0 Å². The van der Waals surface area contributed by atoms with E-state index < -0.39 is 0 Å². The second-order valence-corrected chi connectivity index (χ2v) is 9.32. The number of piperidine rings is 1. The van der Waals surface area contributed by atoms with Crippen LogP contribution in [0.15, 0.2) is 35.5 Å². The molecular formula is C24H32N4OS. The van der Waals surface area contributed by atoms with Crippen LogP contribution < -0.4 is 4.90 Å². The number of rotatable bonds is 6. The van der Waals surface area contributed by atoms with E-state index in [1.807, 2.05) is 23.1 Å². The number of anilines is 1. The second kappa shape index (κ2) is 9.82. The van der Waals surface area contributed by atoms with Crippen LogP contribution in [-0.4, -0.2) is 46.5 Å². The van der Waals surface area contributed by atoms with E-state index in [0.717, 1.165) is 72.4 Å². The third-order valence-corrected chi connectivity index (χ3v) is 7.06. The van der Waals surface area contributed by atoms with Crippen molar-refractivity contribution in [2.75, 3.05) is 24.5 Å². The van der Waals surface area contributed by atoms with Gasteiger partial charge in [-0.1, -0.05) is 30.8 Å². The maximum atomic E-state index is 12.7. The normalized spacial score (nSPS) is 19.3. The van der Waals surface area contributed by atoms with E-state index in [1.54, 1.807) is 11.8 Å². The third-order valence-electron chi connectivity index (χ3n) is 6.14. The smallest absolute Gasteiger partial charge is 0.253 e. The number of amides is 1. The Bertz CT molecular complexity index is 881. The minimum Gasteiger partial charge on any atom is -0.354 e. The summed E-state index contributed by atoms with van der Waals surface area (Å²) >= 11 is 1.66. The highest BCUT2D eigenvalue weighted by Crippen LogP contribution is 2.27. The molecule has 4 rings (SSSR count). The van der Waals surface area contributed by atoms with Crippen molar-refractivity contribution in [2.45, 2.75) is 69.3 Å². The van der Waals surface area contributed by atoms with E-state index in [1.165, 1.54) is 19.3 Å². The topological polar surface area (TPSA) is 49.3 Å². The molecule has 2 saturated heterocycles. The van der Waals surface area contributed by atoms with Gasteiger partial charge in [0.2, 0.25) is 0 Å². The molecule has 3 heterocycles. The van der Waals surface area contributed by atoms with E-state index in [0.29, 0.717) is 6.04 Å². The van der Waals surface area contributed by atoms with E-state index >= 15 is 0 Å². The first kappa shape index (κ1) is 21.2. The van der Waals surface area contributed by atoms with Gasteiger partial charge in [0, 0.05) is 48.8 Å². The van der Waals surface area contributed by atoms with Gasteiger partial charge in [-0.15, -0.1) is 0 Å². The lowest BCUT2D eigenvalue weighted by Crippen LogP contribution is -2.38. The Morgan fingerprint density at radius 1 is 1.10 bits per heavy atom. The van der Waals surface area contributed by atoms with Gasteiger partial charge in [-0.05, 0) is 63.1 Å². The first-order chi connectivity index (χ1) is 14.6. The standard InChI is InChI=1S/C24H32N4OS/c1-3-21-16-22(28-14-5-4-9-18(28)2)26-24(25-21)30-17-19-10-8-11-20(15-19)23(29)27-12-6-7-13-27/h8,10-11,15-16,18H,3-7,9,12-14,17H2,1-2H3/t18-/m1/s1. The maximum Gasteiger partial charge on any atom is 0.253 e. The number of thioether (sulfide) groups is 1. The third kappa shape index (κ3) is 4.97. The SMILES string of the molecule is CCc1cc(N2CCCC[C@H]2C)nc(SCc2cccc(C(=O)N3CCCC3)c2)n1. The predicted molar refractivity (Wildman–Crippen MR) is 123 cm³/mol. The van der Waals surface area contributed by atoms with Crippen molar-refractivity contribution < 1.29 is 4.79 Å². The molecule has 30 heavy (non-hydrogen) atoms. The molecule has 0 saturated carbocycles. The first-order valence-corrected chi connectivity index (χ1v) is 12.3. The minimum atomic E-state index is 0.157. The summed E-state index contributed by atoms with van der Waals surface area (Å²) in [4.78, 5) is 26.7. The molecular weight excluding hydrogens is 392 g/mol. The summed E-state index contributed by atoms with van der Waals surface area (Å²) < 4.78 is 0. The molecule has 1 atom stereocenters. The van der Waals surface area contributed by atoms with Gasteiger partial charge >= 0.3 is 0 Å². The number of nitrogens with zero attached hydrogens (tertiary/aromatic N) is 4. The van der Waals surface area contributed by atoms with Crippen molar-refractivity contribution in [3.8, 4) is 0 Å². The van der Waals surface area contributed by atoms with Gasteiger partial charge in [0.25, 0.3) is 5.91 Å². The van der Waals surface area contributed by atoms with E-state index in [2.05, 4.69) is 30.9 Å². The lowest BCUT2D eigenvalue weighted by atomic mass is 10.0. The molecule has 2 aliphatic rings. The molecule has 0 aliphatic carbocycles. The van der Waals surface area contributed by atoms with Crippen LogP contribution in [0, 0.1) is 0 Å². The van der Waals surface area contributed by atoms with Gasteiger partial charge in [-0.2, -0.15) is 0 Å². The molecule has 160 valence electrons. The molecule has 0 spiro atoms. The number of hydrogen-bond donors (Lipinski definition) is 0. The Labute approximate surface area is 184 Å². The highest BCUT2D eigenvalue weighted by atomic mass is 32.2. The lowest BCUT2D eigenvalue weighted by molar-refractivity contribution is 0.0792. The highest BCUT2D eigenvalue weighted by Gasteiger charge is 2.21. The molecule has 2 aliphatic heterocycles. The van der Waals surface area contributed by atoms with Gasteiger partial charge in [-0.3, -0.25) is 4.79 Å². The van der Waals surface area contributed by atoms with Crippen LogP contribution in [0.3, 0.4) is 0 Å². The maximum absolute atomic E-state index is 12.7. The molecule has 0 bridgehead atoms. The summed E-state index contributed by atoms with van der Waals surface area (Å²) in [6.07, 6.45) is 6.90. The van der Waals surface area contributed by atoms with Crippen molar-refractivity contribution in [3.05, 3.63) is 47.2 Å². The van der Waals surface area contributed by atoms with Crippen LogP contribution in [-0.2, 0) is 12.2 Å². The molecule has 2 fully saturated rings. The average molecular weight is 425 g/mol. The van der Waals surface area contributed by atoms with Crippen LogP contribution in [0.1, 0.15) is 67.6 Å². The van der Waals surface area contributed by atoms with E-state index in [-0.39, 0.29) is 5.91 Å². The van der Waals surface area contributed by atoms with Crippen molar-refractivity contribution in [1.82, 2.24) is 14.9 Å². The highest BCUT2D eigenvalue weighted by molar-refractivity contribution is 7.98. The molecule has 1 amide bonds.